The smallest absolute Gasteiger partial charge is 0.410 e. The summed E-state index contributed by atoms with van der Waals surface area (Å²) >= 11 is 0. The van der Waals surface area contributed by atoms with Crippen LogP contribution in [-0.4, -0.2) is 60.3 Å². The van der Waals surface area contributed by atoms with Crippen molar-refractivity contribution < 1.29 is 19.4 Å². The highest BCUT2D eigenvalue weighted by molar-refractivity contribution is 5.86. The van der Waals surface area contributed by atoms with Crippen LogP contribution in [0.2, 0.25) is 0 Å². The molecule has 1 spiro atoms. The van der Waals surface area contributed by atoms with E-state index in [1.54, 1.807) is 0 Å². The highest BCUT2D eigenvalue weighted by atomic mass is 16.6. The molecule has 1 aliphatic carbocycles. The number of carbonyl (C=O) groups is 2. The van der Waals surface area contributed by atoms with E-state index in [0.717, 1.165) is 75.8 Å². The maximum atomic E-state index is 13.6. The number of nitrogens with zero attached hydrogens (tertiary/aromatic N) is 2. The van der Waals surface area contributed by atoms with Crippen LogP contribution in [0.15, 0.2) is 18.2 Å². The monoisotopic (exact) mass is 457 g/mol. The predicted octanol–water partition coefficient (Wildman–Crippen LogP) is 3.86. The van der Waals surface area contributed by atoms with Crippen molar-refractivity contribution in [2.75, 3.05) is 31.1 Å². The van der Waals surface area contributed by atoms with Crippen molar-refractivity contribution in [3.8, 4) is 5.75 Å². The minimum atomic E-state index is -0.431. The molecule has 2 aliphatic heterocycles. The van der Waals surface area contributed by atoms with Crippen molar-refractivity contribution >= 4 is 17.7 Å². The molecule has 1 aromatic carbocycles. The number of aliphatic hydroxyl groups excluding tert-OH is 1. The molecule has 7 heteroatoms. The Labute approximate surface area is 197 Å². The lowest BCUT2D eigenvalue weighted by Crippen LogP contribution is -2.50. The molecule has 2 heterocycles. The summed E-state index contributed by atoms with van der Waals surface area (Å²) in [5, 5.41) is 12.6. The third-order valence-corrected chi connectivity index (χ3v) is 7.60. The number of aliphatic hydroxyl groups is 1. The molecule has 0 bridgehead atoms. The Hall–Kier alpha value is -2.28. The summed E-state index contributed by atoms with van der Waals surface area (Å²) < 4.78 is 5.44. The quantitative estimate of drug-likeness (QED) is 0.702. The second-order valence-corrected chi connectivity index (χ2v) is 10.6. The lowest BCUT2D eigenvalue weighted by atomic mass is 9.78. The van der Waals surface area contributed by atoms with Crippen LogP contribution in [0.5, 0.6) is 5.75 Å². The fourth-order valence-electron chi connectivity index (χ4n) is 5.76. The van der Waals surface area contributed by atoms with Crippen LogP contribution in [0.3, 0.4) is 0 Å². The van der Waals surface area contributed by atoms with Crippen LogP contribution in [-0.2, 0) is 4.79 Å². The average molecular weight is 458 g/mol. The van der Waals surface area contributed by atoms with Crippen LogP contribution in [0.1, 0.15) is 64.4 Å². The number of nitrogens with one attached hydrogen (secondary N) is 1. The Balaban J connectivity index is 1.41. The van der Waals surface area contributed by atoms with Gasteiger partial charge in [-0.25, -0.2) is 4.79 Å². The van der Waals surface area contributed by atoms with Gasteiger partial charge in [0.15, 0.2) is 0 Å². The van der Waals surface area contributed by atoms with Gasteiger partial charge in [-0.05, 0) is 81.5 Å². The van der Waals surface area contributed by atoms with Crippen molar-refractivity contribution in [1.29, 1.82) is 0 Å². The lowest BCUT2D eigenvalue weighted by molar-refractivity contribution is -0.139. The molecule has 1 aromatic rings. The molecule has 0 radical (unpaired) electrons. The summed E-state index contributed by atoms with van der Waals surface area (Å²) in [6.07, 6.45) is 5.66. The molecule has 33 heavy (non-hydrogen) atoms. The van der Waals surface area contributed by atoms with E-state index in [1.807, 2.05) is 39.0 Å². The van der Waals surface area contributed by atoms with Gasteiger partial charge in [0.1, 0.15) is 5.75 Å². The molecule has 7 nitrogen and oxygen atoms in total. The number of anilines is 1. The summed E-state index contributed by atoms with van der Waals surface area (Å²) in [5.41, 5.74) is 1.85. The summed E-state index contributed by atoms with van der Waals surface area (Å²) in [7, 11) is 0. The number of amides is 2. The Morgan fingerprint density at radius 2 is 1.97 bits per heavy atom. The van der Waals surface area contributed by atoms with E-state index in [9.17, 15) is 14.7 Å². The molecule has 4 rings (SSSR count). The first kappa shape index (κ1) is 23.9. The summed E-state index contributed by atoms with van der Waals surface area (Å²) in [4.78, 5) is 30.0. The van der Waals surface area contributed by atoms with Gasteiger partial charge in [0.25, 0.3) is 0 Å². The molecule has 3 aliphatic rings. The fraction of sp³-hybridized carbons (Fsp3) is 0.692. The zero-order valence-corrected chi connectivity index (χ0v) is 20.3. The van der Waals surface area contributed by atoms with Gasteiger partial charge in [0.2, 0.25) is 5.91 Å². The summed E-state index contributed by atoms with van der Waals surface area (Å²) in [6, 6.07) is 6.05. The van der Waals surface area contributed by atoms with E-state index in [4.69, 9.17) is 4.74 Å². The summed E-state index contributed by atoms with van der Waals surface area (Å²) in [5.74, 6) is 1.21. The molecule has 2 N–H and O–H groups in total. The predicted molar refractivity (Wildman–Crippen MR) is 129 cm³/mol. The van der Waals surface area contributed by atoms with Crippen molar-refractivity contribution in [3.63, 3.8) is 0 Å². The Morgan fingerprint density at radius 1 is 1.21 bits per heavy atom. The number of hydrogen-bond acceptors (Lipinski definition) is 5. The zero-order valence-electron chi connectivity index (χ0n) is 20.3. The number of likely N-dealkylation sites (tertiary alicyclic amines) is 1. The number of carbonyl (C=O) groups excluding carboxylic acids is 2. The molecule has 1 unspecified atom stereocenters. The van der Waals surface area contributed by atoms with E-state index in [-0.39, 0.29) is 17.6 Å². The van der Waals surface area contributed by atoms with Crippen molar-refractivity contribution in [2.45, 2.75) is 77.9 Å². The number of rotatable bonds is 5. The van der Waals surface area contributed by atoms with E-state index in [1.165, 1.54) is 0 Å². The zero-order chi connectivity index (χ0) is 23.6. The third-order valence-electron chi connectivity index (χ3n) is 7.60. The van der Waals surface area contributed by atoms with E-state index in [2.05, 4.69) is 15.1 Å². The number of ether oxygens (including phenoxy) is 1. The Bertz CT molecular complexity index is 865. The fourth-order valence-corrected chi connectivity index (χ4v) is 5.76. The minimum absolute atomic E-state index is 0.200. The van der Waals surface area contributed by atoms with Crippen molar-refractivity contribution in [1.82, 2.24) is 10.2 Å². The first-order valence-corrected chi connectivity index (χ1v) is 12.6. The number of benzene rings is 1. The van der Waals surface area contributed by atoms with Crippen molar-refractivity contribution in [3.05, 3.63) is 23.8 Å². The van der Waals surface area contributed by atoms with Gasteiger partial charge in [0.05, 0.1) is 11.5 Å². The molecule has 2 saturated heterocycles. The molecular formula is C26H39N3O4. The second kappa shape index (κ2) is 9.92. The van der Waals surface area contributed by atoms with Gasteiger partial charge in [0, 0.05) is 37.9 Å². The standard InChI is InChI=1S/C26H39N3O4/c1-18(2)16-27-25(32)33-22-9-10-23(19(3)15-22)28-13-4-11-26(17-28)12-14-29(24(26)31)20-5-7-21(30)8-6-20/h9-10,15,18,20-21,30H,4-8,11-14,16-17H2,1-3H3,(H,27,32). The van der Waals surface area contributed by atoms with Crippen LogP contribution in [0.25, 0.3) is 0 Å². The average Bonchev–Trinajstić information content (AvgIpc) is 3.08. The first-order chi connectivity index (χ1) is 15.8. The van der Waals surface area contributed by atoms with Gasteiger partial charge >= 0.3 is 6.09 Å². The van der Waals surface area contributed by atoms with E-state index < -0.39 is 6.09 Å². The molecule has 3 fully saturated rings. The third kappa shape index (κ3) is 5.29. The van der Waals surface area contributed by atoms with Crippen LogP contribution in [0.4, 0.5) is 10.5 Å². The van der Waals surface area contributed by atoms with Gasteiger partial charge < -0.3 is 25.0 Å². The Morgan fingerprint density at radius 3 is 2.67 bits per heavy atom. The molecular weight excluding hydrogens is 418 g/mol. The number of hydrogen-bond donors (Lipinski definition) is 2. The van der Waals surface area contributed by atoms with Crippen LogP contribution >= 0.6 is 0 Å². The maximum Gasteiger partial charge on any atom is 0.412 e. The highest BCUT2D eigenvalue weighted by Gasteiger charge is 2.50. The number of piperidine rings is 1. The largest absolute Gasteiger partial charge is 0.412 e. The van der Waals surface area contributed by atoms with Crippen LogP contribution in [0, 0.1) is 18.3 Å². The van der Waals surface area contributed by atoms with E-state index in [0.29, 0.717) is 24.1 Å². The van der Waals surface area contributed by atoms with Gasteiger partial charge in [-0.3, -0.25) is 4.79 Å². The normalized spacial score (nSPS) is 28.0. The lowest BCUT2D eigenvalue weighted by Gasteiger charge is -2.42. The number of aryl methyl sites for hydroxylation is 1. The molecule has 0 aromatic heterocycles. The SMILES string of the molecule is Cc1cc(OC(=O)NCC(C)C)ccc1N1CCCC2(CCN(C3CCC(O)CC3)C2=O)C1. The molecule has 2 amide bonds. The Kier molecular flexibility index (Phi) is 7.17. The molecule has 1 atom stereocenters. The van der Waals surface area contributed by atoms with Gasteiger partial charge in [-0.1, -0.05) is 13.8 Å². The molecule has 1 saturated carbocycles. The maximum absolute atomic E-state index is 13.6. The van der Waals surface area contributed by atoms with Gasteiger partial charge in [-0.15, -0.1) is 0 Å². The first-order valence-electron chi connectivity index (χ1n) is 12.6. The topological polar surface area (TPSA) is 82.1 Å². The highest BCUT2D eigenvalue weighted by Crippen LogP contribution is 2.44. The van der Waals surface area contributed by atoms with Crippen molar-refractivity contribution in [2.24, 2.45) is 11.3 Å². The van der Waals surface area contributed by atoms with Crippen LogP contribution < -0.4 is 15.0 Å². The summed E-state index contributed by atoms with van der Waals surface area (Å²) in [6.45, 7) is 9.21. The minimum Gasteiger partial charge on any atom is -0.410 e. The van der Waals surface area contributed by atoms with E-state index >= 15 is 0 Å². The second-order valence-electron chi connectivity index (χ2n) is 10.6. The molecule has 182 valence electrons. The van der Waals surface area contributed by atoms with Gasteiger partial charge in [-0.2, -0.15) is 0 Å².